The van der Waals surface area contributed by atoms with Crippen molar-refractivity contribution in [2.24, 2.45) is 0 Å². The topological polar surface area (TPSA) is 224 Å². The number of benzene rings is 1. The Morgan fingerprint density at radius 3 is 1.84 bits per heavy atom. The van der Waals surface area contributed by atoms with E-state index in [0.717, 1.165) is 12.1 Å². The first-order chi connectivity index (χ1) is 19.6. The molecule has 0 spiro atoms. The molecule has 248 valence electrons. The lowest BCUT2D eigenvalue weighted by atomic mass is 10.2. The van der Waals surface area contributed by atoms with Gasteiger partial charge in [0, 0.05) is 30.3 Å². The minimum absolute atomic E-state index is 0.00125. The normalized spacial score (nSPS) is 12.5. The van der Waals surface area contributed by atoms with Crippen molar-refractivity contribution in [1.82, 2.24) is 15.5 Å². The maximum Gasteiger partial charge on any atom is 0.408 e. The number of nitrogens with zero attached hydrogens (tertiary/aromatic N) is 1. The summed E-state index contributed by atoms with van der Waals surface area (Å²) >= 11 is 5.98. The fraction of sp³-hybridized carbons (Fsp3) is 0.654. The van der Waals surface area contributed by atoms with Gasteiger partial charge in [0.1, 0.15) is 17.2 Å². The second-order valence-corrected chi connectivity index (χ2v) is 13.0. The number of halogens is 1. The van der Waals surface area contributed by atoms with Gasteiger partial charge in [-0.2, -0.15) is 8.42 Å². The molecule has 1 aromatic carbocycles. The number of nitrogens with one attached hydrogen (secondary N) is 3. The molecule has 0 aliphatic heterocycles. The van der Waals surface area contributed by atoms with Gasteiger partial charge in [0.15, 0.2) is 0 Å². The van der Waals surface area contributed by atoms with Crippen LogP contribution in [0.25, 0.3) is 0 Å². The van der Waals surface area contributed by atoms with Gasteiger partial charge in [-0.05, 0) is 66.2 Å². The van der Waals surface area contributed by atoms with Crippen LogP contribution >= 0.6 is 11.6 Å². The number of ether oxygens (including phenoxy) is 2. The first kappa shape index (κ1) is 40.3. The van der Waals surface area contributed by atoms with Gasteiger partial charge in [-0.3, -0.25) is 9.45 Å². The third kappa shape index (κ3) is 17.9. The largest absolute Gasteiger partial charge is 0.458 e. The van der Waals surface area contributed by atoms with E-state index in [9.17, 15) is 27.4 Å². The number of rotatable bonds is 12. The Bertz CT molecular complexity index is 1150. The van der Waals surface area contributed by atoms with Gasteiger partial charge in [0.25, 0.3) is 10.1 Å². The lowest BCUT2D eigenvalue weighted by Gasteiger charge is -2.26. The number of esters is 1. The van der Waals surface area contributed by atoms with Crippen LogP contribution in [-0.4, -0.2) is 115 Å². The van der Waals surface area contributed by atoms with Crippen molar-refractivity contribution in [3.63, 3.8) is 0 Å². The van der Waals surface area contributed by atoms with E-state index >= 15 is 0 Å². The van der Waals surface area contributed by atoms with Gasteiger partial charge in [0.2, 0.25) is 0 Å². The van der Waals surface area contributed by atoms with Crippen LogP contribution in [0.2, 0.25) is 5.02 Å². The molecule has 1 aromatic rings. The molecule has 7 N–H and O–H groups in total. The number of carbonyl (C=O) groups is 3. The number of aliphatic hydroxyl groups excluding tert-OH is 3. The molecule has 17 heteroatoms. The summed E-state index contributed by atoms with van der Waals surface area (Å²) in [7, 11) is -4.56. The molecule has 0 saturated heterocycles. The van der Waals surface area contributed by atoms with Gasteiger partial charge in [0.05, 0.1) is 31.3 Å². The Morgan fingerprint density at radius 1 is 0.930 bits per heavy atom. The minimum Gasteiger partial charge on any atom is -0.458 e. The van der Waals surface area contributed by atoms with Crippen LogP contribution in [0.5, 0.6) is 0 Å². The second kappa shape index (κ2) is 18.2. The van der Waals surface area contributed by atoms with Gasteiger partial charge < -0.3 is 40.7 Å². The van der Waals surface area contributed by atoms with E-state index in [1.165, 1.54) is 6.92 Å². The minimum atomic E-state index is -4.56. The Hall–Kier alpha value is -2.73. The summed E-state index contributed by atoms with van der Waals surface area (Å²) < 4.78 is 42.5. The highest BCUT2D eigenvalue weighted by atomic mass is 35.5. The van der Waals surface area contributed by atoms with E-state index in [4.69, 9.17) is 36.4 Å². The third-order valence-electron chi connectivity index (χ3n) is 4.96. The quantitative estimate of drug-likeness (QED) is 0.126. The molecule has 1 rings (SSSR count). The van der Waals surface area contributed by atoms with Crippen molar-refractivity contribution in [1.29, 1.82) is 0 Å². The number of aliphatic hydroxyl groups is 3. The maximum atomic E-state index is 12.5. The summed E-state index contributed by atoms with van der Waals surface area (Å²) in [6, 6.07) is -0.0428. The Balaban J connectivity index is 0.00000150. The van der Waals surface area contributed by atoms with Crippen LogP contribution in [0.1, 0.15) is 47.1 Å². The summed E-state index contributed by atoms with van der Waals surface area (Å²) in [6.45, 7) is 12.8. The Labute approximate surface area is 257 Å². The van der Waals surface area contributed by atoms with E-state index in [1.54, 1.807) is 46.4 Å². The van der Waals surface area contributed by atoms with E-state index in [1.807, 2.05) is 0 Å². The molecule has 0 aliphatic rings. The maximum absolute atomic E-state index is 12.5. The fourth-order valence-corrected chi connectivity index (χ4v) is 3.89. The number of hydrogen-bond donors (Lipinski definition) is 7. The molecule has 0 aliphatic carbocycles. The van der Waals surface area contributed by atoms with Crippen molar-refractivity contribution in [3.8, 4) is 0 Å². The summed E-state index contributed by atoms with van der Waals surface area (Å²) in [4.78, 5) is 38.3. The van der Waals surface area contributed by atoms with Crippen molar-refractivity contribution in [3.05, 3.63) is 22.7 Å². The molecule has 1 atom stereocenters. The predicted octanol–water partition coefficient (Wildman–Crippen LogP) is 1.52. The van der Waals surface area contributed by atoms with Crippen LogP contribution in [0.3, 0.4) is 0 Å². The van der Waals surface area contributed by atoms with Crippen LogP contribution < -0.4 is 16.0 Å². The zero-order valence-electron chi connectivity index (χ0n) is 25.6. The van der Waals surface area contributed by atoms with E-state index in [-0.39, 0.29) is 37.1 Å². The zero-order chi connectivity index (χ0) is 33.6. The number of urea groups is 1. The molecule has 0 unspecified atom stereocenters. The van der Waals surface area contributed by atoms with Gasteiger partial charge in [-0.15, -0.1) is 0 Å². The Kier molecular flexibility index (Phi) is 17.0. The standard InChI is InChI=1S/C20H30ClN3O8S.C6H15NO3/c1-11-13(21)8-12(33(28,29)30)9-14(11)23-17(26)22-10-15(16(25)31-19(2,3)4)24-18(27)32-20(5,6)7;8-4-1-7(2-5-9)3-6-10/h8-9,15H,10H2,1-7H3,(H,24,27)(H2,22,23,26)(H,28,29,30);8-10H,1-6H2/t15-;/m0./s1. The van der Waals surface area contributed by atoms with Crippen molar-refractivity contribution >= 4 is 45.5 Å². The summed E-state index contributed by atoms with van der Waals surface area (Å²) in [5.41, 5.74) is -1.31. The van der Waals surface area contributed by atoms with Crippen LogP contribution in [-0.2, 0) is 24.4 Å². The average molecular weight is 657 g/mol. The van der Waals surface area contributed by atoms with Gasteiger partial charge in [-0.1, -0.05) is 11.6 Å². The number of amides is 3. The van der Waals surface area contributed by atoms with Crippen LogP contribution in [0.4, 0.5) is 15.3 Å². The highest BCUT2D eigenvalue weighted by Crippen LogP contribution is 2.28. The lowest BCUT2D eigenvalue weighted by molar-refractivity contribution is -0.157. The monoisotopic (exact) mass is 656 g/mol. The molecule has 15 nitrogen and oxygen atoms in total. The highest BCUT2D eigenvalue weighted by molar-refractivity contribution is 7.85. The van der Waals surface area contributed by atoms with Gasteiger partial charge in [-0.25, -0.2) is 14.4 Å². The summed E-state index contributed by atoms with van der Waals surface area (Å²) in [6.07, 6.45) is -0.885. The van der Waals surface area contributed by atoms with E-state index in [2.05, 4.69) is 16.0 Å². The predicted molar refractivity (Wildman–Crippen MR) is 160 cm³/mol. The first-order valence-electron chi connectivity index (χ1n) is 13.2. The van der Waals surface area contributed by atoms with Crippen LogP contribution in [0, 0.1) is 6.92 Å². The van der Waals surface area contributed by atoms with Crippen molar-refractivity contribution in [2.75, 3.05) is 51.3 Å². The summed E-state index contributed by atoms with van der Waals surface area (Å²) in [5.74, 6) is -0.804. The van der Waals surface area contributed by atoms with E-state index < -0.39 is 50.4 Å². The molecule has 0 heterocycles. The molecule has 43 heavy (non-hydrogen) atoms. The highest BCUT2D eigenvalue weighted by Gasteiger charge is 2.29. The molecule has 0 bridgehead atoms. The third-order valence-corrected chi connectivity index (χ3v) is 6.19. The molecular weight excluding hydrogens is 612 g/mol. The molecular formula is C26H45ClN4O11S. The summed E-state index contributed by atoms with van der Waals surface area (Å²) in [5, 5.41) is 32.6. The molecule has 0 saturated carbocycles. The van der Waals surface area contributed by atoms with E-state index in [0.29, 0.717) is 25.2 Å². The fourth-order valence-electron chi connectivity index (χ4n) is 3.07. The average Bonchev–Trinajstić information content (AvgIpc) is 2.82. The molecule has 3 amide bonds. The smallest absolute Gasteiger partial charge is 0.408 e. The van der Waals surface area contributed by atoms with Crippen molar-refractivity contribution < 1.29 is 52.1 Å². The Morgan fingerprint density at radius 2 is 1.42 bits per heavy atom. The molecule has 0 aromatic heterocycles. The number of carbonyl (C=O) groups excluding carboxylic acids is 3. The zero-order valence-corrected chi connectivity index (χ0v) is 27.1. The number of anilines is 1. The second-order valence-electron chi connectivity index (χ2n) is 11.1. The van der Waals surface area contributed by atoms with Crippen LogP contribution in [0.15, 0.2) is 17.0 Å². The SMILES string of the molecule is Cc1c(Cl)cc(S(=O)(=O)O)cc1NC(=O)NC[C@H](NC(=O)OC(C)(C)C)C(=O)OC(C)(C)C.OCCN(CCO)CCO. The van der Waals surface area contributed by atoms with Gasteiger partial charge >= 0.3 is 18.1 Å². The number of hydrogen-bond acceptors (Lipinski definition) is 11. The molecule has 0 radical (unpaired) electrons. The van der Waals surface area contributed by atoms with Crippen molar-refractivity contribution in [2.45, 2.75) is 70.6 Å². The first-order valence-corrected chi connectivity index (χ1v) is 15.0. The lowest BCUT2D eigenvalue weighted by Crippen LogP contribution is -2.52. The molecule has 0 fully saturated rings. The number of alkyl carbamates (subject to hydrolysis) is 1.